The lowest BCUT2D eigenvalue weighted by molar-refractivity contribution is -0.115. The van der Waals surface area contributed by atoms with Crippen LogP contribution in [0.3, 0.4) is 0 Å². The number of nitrogens with one attached hydrogen (secondary N) is 2. The molecular weight excluding hydrogens is 164 g/mol. The third-order valence-corrected chi connectivity index (χ3v) is 2.37. The second kappa shape index (κ2) is 5.60. The fourth-order valence-electron chi connectivity index (χ4n) is 1.61. The van der Waals surface area contributed by atoms with Crippen molar-refractivity contribution in [2.45, 2.75) is 19.3 Å². The second-order valence-corrected chi connectivity index (χ2v) is 3.40. The van der Waals surface area contributed by atoms with E-state index in [0.29, 0.717) is 12.5 Å². The van der Waals surface area contributed by atoms with Crippen LogP contribution in [0.25, 0.3) is 0 Å². The van der Waals surface area contributed by atoms with E-state index in [9.17, 15) is 4.79 Å². The Morgan fingerprint density at radius 3 is 3.15 bits per heavy atom. The first kappa shape index (κ1) is 10.1. The molecule has 3 heteroatoms. The molecule has 0 aromatic rings. The van der Waals surface area contributed by atoms with Crippen LogP contribution in [0.4, 0.5) is 0 Å². The zero-order valence-corrected chi connectivity index (χ0v) is 7.81. The number of hydrogen-bond donors (Lipinski definition) is 2. The molecule has 13 heavy (non-hydrogen) atoms. The molecule has 3 nitrogen and oxygen atoms in total. The summed E-state index contributed by atoms with van der Waals surface area (Å²) in [5.41, 5.74) is 0. The maximum absolute atomic E-state index is 10.7. The summed E-state index contributed by atoms with van der Waals surface area (Å²) < 4.78 is 0. The first-order valence-electron chi connectivity index (χ1n) is 4.78. The van der Waals surface area contributed by atoms with E-state index in [1.54, 1.807) is 0 Å². The van der Waals surface area contributed by atoms with Crippen LogP contribution in [0.1, 0.15) is 19.3 Å². The van der Waals surface area contributed by atoms with Crippen LogP contribution in [0.5, 0.6) is 0 Å². The summed E-state index contributed by atoms with van der Waals surface area (Å²) in [5.74, 6) is 2.44. The summed E-state index contributed by atoms with van der Waals surface area (Å²) in [5, 5.41) is 6.01. The molecule has 0 saturated carbocycles. The van der Waals surface area contributed by atoms with E-state index in [0.717, 1.165) is 19.5 Å². The number of hydrogen-bond acceptors (Lipinski definition) is 2. The second-order valence-electron chi connectivity index (χ2n) is 3.40. The Bertz CT molecular complexity index is 201. The van der Waals surface area contributed by atoms with Crippen LogP contribution in [-0.2, 0) is 4.79 Å². The number of amides is 1. The predicted octanol–water partition coefficient (Wildman–Crippen LogP) is 0.126. The molecule has 0 aromatic heterocycles. The first-order valence-corrected chi connectivity index (χ1v) is 4.78. The van der Waals surface area contributed by atoms with Crippen LogP contribution in [0.2, 0.25) is 0 Å². The Labute approximate surface area is 79.3 Å². The molecule has 0 radical (unpaired) electrons. The van der Waals surface area contributed by atoms with E-state index in [-0.39, 0.29) is 5.91 Å². The van der Waals surface area contributed by atoms with Gasteiger partial charge in [-0.05, 0) is 44.2 Å². The third kappa shape index (κ3) is 3.95. The van der Waals surface area contributed by atoms with Gasteiger partial charge in [0.15, 0.2) is 0 Å². The average Bonchev–Trinajstić information content (AvgIpc) is 2.19. The van der Waals surface area contributed by atoms with Crippen LogP contribution < -0.4 is 10.6 Å². The maximum atomic E-state index is 10.7. The van der Waals surface area contributed by atoms with Gasteiger partial charge in [0, 0.05) is 6.54 Å². The highest BCUT2D eigenvalue weighted by atomic mass is 16.1. The Balaban J connectivity index is 2.05. The number of piperidine rings is 1. The SMILES string of the molecule is C#CC(=O)NCCC1CCCNC1. The van der Waals surface area contributed by atoms with E-state index in [1.165, 1.54) is 12.8 Å². The van der Waals surface area contributed by atoms with Gasteiger partial charge in [0.1, 0.15) is 0 Å². The molecule has 1 fully saturated rings. The molecule has 2 N–H and O–H groups in total. The van der Waals surface area contributed by atoms with Crippen molar-refractivity contribution in [2.24, 2.45) is 5.92 Å². The highest BCUT2D eigenvalue weighted by Gasteiger charge is 2.12. The van der Waals surface area contributed by atoms with E-state index < -0.39 is 0 Å². The molecule has 1 atom stereocenters. The van der Waals surface area contributed by atoms with Gasteiger partial charge in [0.25, 0.3) is 5.91 Å². The minimum absolute atomic E-state index is 0.302. The Morgan fingerprint density at radius 1 is 1.69 bits per heavy atom. The highest BCUT2D eigenvalue weighted by molar-refractivity contribution is 5.92. The van der Waals surface area contributed by atoms with Crippen molar-refractivity contribution in [3.63, 3.8) is 0 Å². The van der Waals surface area contributed by atoms with Gasteiger partial charge in [-0.1, -0.05) is 0 Å². The topological polar surface area (TPSA) is 41.1 Å². The third-order valence-electron chi connectivity index (χ3n) is 2.37. The molecule has 0 aromatic carbocycles. The summed E-state index contributed by atoms with van der Waals surface area (Å²) in [6.45, 7) is 2.91. The molecule has 0 aliphatic carbocycles. The lowest BCUT2D eigenvalue weighted by atomic mass is 9.96. The number of rotatable bonds is 3. The molecule has 1 aliphatic rings. The van der Waals surface area contributed by atoms with Gasteiger partial charge in [0.05, 0.1) is 0 Å². The van der Waals surface area contributed by atoms with Crippen molar-refractivity contribution < 1.29 is 4.79 Å². The van der Waals surface area contributed by atoms with Gasteiger partial charge >= 0.3 is 0 Å². The first-order chi connectivity index (χ1) is 6.33. The highest BCUT2D eigenvalue weighted by Crippen LogP contribution is 2.12. The van der Waals surface area contributed by atoms with E-state index in [1.807, 2.05) is 5.92 Å². The van der Waals surface area contributed by atoms with Gasteiger partial charge in [-0.3, -0.25) is 4.79 Å². The Hall–Kier alpha value is -1.01. The summed E-state index contributed by atoms with van der Waals surface area (Å²) >= 11 is 0. The van der Waals surface area contributed by atoms with E-state index in [2.05, 4.69) is 10.6 Å². The van der Waals surface area contributed by atoms with E-state index >= 15 is 0 Å². The minimum atomic E-state index is -0.302. The molecule has 72 valence electrons. The zero-order chi connectivity index (χ0) is 9.52. The van der Waals surface area contributed by atoms with Crippen molar-refractivity contribution in [1.82, 2.24) is 10.6 Å². The monoisotopic (exact) mass is 180 g/mol. The summed E-state index contributed by atoms with van der Waals surface area (Å²) in [7, 11) is 0. The van der Waals surface area contributed by atoms with Crippen molar-refractivity contribution in [3.05, 3.63) is 0 Å². The fraction of sp³-hybridized carbons (Fsp3) is 0.700. The van der Waals surface area contributed by atoms with Gasteiger partial charge in [-0.15, -0.1) is 6.42 Å². The molecule has 1 aliphatic heterocycles. The lowest BCUT2D eigenvalue weighted by Gasteiger charge is -2.22. The Morgan fingerprint density at radius 2 is 2.54 bits per heavy atom. The fourth-order valence-corrected chi connectivity index (χ4v) is 1.61. The molecule has 1 heterocycles. The van der Waals surface area contributed by atoms with Gasteiger partial charge in [0.2, 0.25) is 0 Å². The van der Waals surface area contributed by atoms with Crippen LogP contribution >= 0.6 is 0 Å². The van der Waals surface area contributed by atoms with Crippen molar-refractivity contribution >= 4 is 5.91 Å². The summed E-state index contributed by atoms with van der Waals surface area (Å²) in [6.07, 6.45) is 8.45. The van der Waals surface area contributed by atoms with Crippen LogP contribution in [-0.4, -0.2) is 25.5 Å². The van der Waals surface area contributed by atoms with Gasteiger partial charge in [-0.25, -0.2) is 0 Å². The Kier molecular flexibility index (Phi) is 4.34. The van der Waals surface area contributed by atoms with Gasteiger partial charge in [-0.2, -0.15) is 0 Å². The lowest BCUT2D eigenvalue weighted by Crippen LogP contribution is -2.32. The van der Waals surface area contributed by atoms with Crippen LogP contribution in [0, 0.1) is 18.3 Å². The number of terminal acetylenes is 1. The van der Waals surface area contributed by atoms with Gasteiger partial charge < -0.3 is 10.6 Å². The molecule has 0 bridgehead atoms. The quantitative estimate of drug-likeness (QED) is 0.606. The largest absolute Gasteiger partial charge is 0.345 e. The molecule has 1 rings (SSSR count). The maximum Gasteiger partial charge on any atom is 0.295 e. The van der Waals surface area contributed by atoms with Crippen molar-refractivity contribution in [1.29, 1.82) is 0 Å². The summed E-state index contributed by atoms with van der Waals surface area (Å²) in [6, 6.07) is 0. The normalized spacial score (nSPS) is 21.9. The predicted molar refractivity (Wildman–Crippen MR) is 52.1 cm³/mol. The molecule has 1 amide bonds. The summed E-state index contributed by atoms with van der Waals surface area (Å²) in [4.78, 5) is 10.7. The zero-order valence-electron chi connectivity index (χ0n) is 7.81. The minimum Gasteiger partial charge on any atom is -0.345 e. The molecule has 1 saturated heterocycles. The number of carbonyl (C=O) groups excluding carboxylic acids is 1. The number of carbonyl (C=O) groups is 1. The molecule has 0 spiro atoms. The van der Waals surface area contributed by atoms with Crippen molar-refractivity contribution in [2.75, 3.05) is 19.6 Å². The average molecular weight is 180 g/mol. The smallest absolute Gasteiger partial charge is 0.295 e. The molecule has 1 unspecified atom stereocenters. The standard InChI is InChI=1S/C10H16N2O/c1-2-10(13)12-7-5-9-4-3-6-11-8-9/h1,9,11H,3-8H2,(H,12,13). The van der Waals surface area contributed by atoms with Crippen molar-refractivity contribution in [3.8, 4) is 12.3 Å². The van der Waals surface area contributed by atoms with Crippen LogP contribution in [0.15, 0.2) is 0 Å². The molecular formula is C10H16N2O. The van der Waals surface area contributed by atoms with E-state index in [4.69, 9.17) is 6.42 Å².